The summed E-state index contributed by atoms with van der Waals surface area (Å²) in [6, 6.07) is 12.4. The third kappa shape index (κ3) is 4.27. The summed E-state index contributed by atoms with van der Waals surface area (Å²) in [5, 5.41) is 14.9. The summed E-state index contributed by atoms with van der Waals surface area (Å²) < 4.78 is 21.0. The van der Waals surface area contributed by atoms with Crippen molar-refractivity contribution in [1.82, 2.24) is 5.32 Å². The van der Waals surface area contributed by atoms with E-state index in [0.717, 1.165) is 5.56 Å². The lowest BCUT2D eigenvalue weighted by atomic mass is 10.2. The van der Waals surface area contributed by atoms with E-state index in [0.29, 0.717) is 35.2 Å². The molecule has 0 saturated carbocycles. The number of amides is 1. The number of methoxy groups -OCH3 is 2. The number of nitrogens with zero attached hydrogens (tertiary/aromatic N) is 1. The van der Waals surface area contributed by atoms with Crippen LogP contribution in [0.4, 0.5) is 5.69 Å². The van der Waals surface area contributed by atoms with E-state index in [-0.39, 0.29) is 12.4 Å². The number of anilines is 1. The Hall–Kier alpha value is -3.86. The summed E-state index contributed by atoms with van der Waals surface area (Å²) in [4.78, 5) is 12.3. The topological polar surface area (TPSA) is 102 Å². The third-order valence-corrected chi connectivity index (χ3v) is 4.00. The average molecular weight is 381 g/mol. The molecule has 0 unspecified atom stereocenters. The number of ether oxygens (including phenoxy) is 4. The van der Waals surface area contributed by atoms with E-state index in [1.807, 2.05) is 24.3 Å². The molecule has 1 aliphatic rings. The van der Waals surface area contributed by atoms with Gasteiger partial charge in [0.05, 0.1) is 14.2 Å². The van der Waals surface area contributed by atoms with Gasteiger partial charge in [0.2, 0.25) is 6.79 Å². The maximum absolute atomic E-state index is 12.3. The number of nitrogens with one attached hydrogen (secondary N) is 2. The van der Waals surface area contributed by atoms with Crippen molar-refractivity contribution in [2.75, 3.05) is 26.3 Å². The lowest BCUT2D eigenvalue weighted by Gasteiger charge is -2.10. The monoisotopic (exact) mass is 381 g/mol. The van der Waals surface area contributed by atoms with Crippen LogP contribution in [0.3, 0.4) is 0 Å². The van der Waals surface area contributed by atoms with Gasteiger partial charge in [0.1, 0.15) is 11.6 Å². The highest BCUT2D eigenvalue weighted by molar-refractivity contribution is 6.06. The SMILES string of the molecule is COc1ccc(NC(=O)/C(C#N)=C\NCc2ccc3c(c2)OCO3)cc1OC. The molecule has 2 N–H and O–H groups in total. The summed E-state index contributed by atoms with van der Waals surface area (Å²) >= 11 is 0. The van der Waals surface area contributed by atoms with Crippen LogP contribution in [-0.4, -0.2) is 26.9 Å². The Labute approximate surface area is 162 Å². The maximum atomic E-state index is 12.3. The van der Waals surface area contributed by atoms with Crippen molar-refractivity contribution in [3.05, 3.63) is 53.7 Å². The molecule has 1 heterocycles. The second-order valence-corrected chi connectivity index (χ2v) is 5.76. The second kappa shape index (κ2) is 8.68. The van der Waals surface area contributed by atoms with Crippen LogP contribution >= 0.6 is 0 Å². The fourth-order valence-corrected chi connectivity index (χ4v) is 2.58. The second-order valence-electron chi connectivity index (χ2n) is 5.76. The highest BCUT2D eigenvalue weighted by Gasteiger charge is 2.14. The zero-order valence-electron chi connectivity index (χ0n) is 15.4. The van der Waals surface area contributed by atoms with Crippen molar-refractivity contribution in [1.29, 1.82) is 5.26 Å². The fraction of sp³-hybridized carbons (Fsp3) is 0.200. The van der Waals surface area contributed by atoms with E-state index in [2.05, 4.69) is 10.6 Å². The molecule has 1 amide bonds. The van der Waals surface area contributed by atoms with Crippen LogP contribution in [0.5, 0.6) is 23.0 Å². The van der Waals surface area contributed by atoms with Crippen molar-refractivity contribution in [3.8, 4) is 29.1 Å². The van der Waals surface area contributed by atoms with Crippen LogP contribution in [0, 0.1) is 11.3 Å². The molecule has 0 radical (unpaired) electrons. The number of hydrogen-bond donors (Lipinski definition) is 2. The third-order valence-electron chi connectivity index (χ3n) is 4.00. The van der Waals surface area contributed by atoms with E-state index >= 15 is 0 Å². The summed E-state index contributed by atoms with van der Waals surface area (Å²) in [6.45, 7) is 0.631. The van der Waals surface area contributed by atoms with E-state index in [9.17, 15) is 10.1 Å². The van der Waals surface area contributed by atoms with Crippen molar-refractivity contribution in [3.63, 3.8) is 0 Å². The molecule has 8 heteroatoms. The molecular weight excluding hydrogens is 362 g/mol. The molecule has 0 fully saturated rings. The van der Waals surface area contributed by atoms with Crippen molar-refractivity contribution < 1.29 is 23.7 Å². The van der Waals surface area contributed by atoms with Gasteiger partial charge in [-0.15, -0.1) is 0 Å². The van der Waals surface area contributed by atoms with Crippen LogP contribution in [0.15, 0.2) is 48.2 Å². The molecule has 8 nitrogen and oxygen atoms in total. The largest absolute Gasteiger partial charge is 0.493 e. The summed E-state index contributed by atoms with van der Waals surface area (Å²) in [7, 11) is 3.03. The zero-order valence-corrected chi connectivity index (χ0v) is 15.4. The fourth-order valence-electron chi connectivity index (χ4n) is 2.58. The van der Waals surface area contributed by atoms with Crippen LogP contribution in [0.2, 0.25) is 0 Å². The van der Waals surface area contributed by atoms with Gasteiger partial charge in [0.25, 0.3) is 5.91 Å². The lowest BCUT2D eigenvalue weighted by Crippen LogP contribution is -2.16. The first-order valence-electron chi connectivity index (χ1n) is 8.40. The minimum atomic E-state index is -0.534. The standard InChI is InChI=1S/C20H19N3O5/c1-25-16-6-4-15(8-18(16)26-2)23-20(24)14(9-21)11-22-10-13-3-5-17-19(7-13)28-12-27-17/h3-8,11,22H,10,12H2,1-2H3,(H,23,24)/b14-11-. The zero-order chi connectivity index (χ0) is 19.9. The van der Waals surface area contributed by atoms with Crippen LogP contribution in [0.1, 0.15) is 5.56 Å². The highest BCUT2D eigenvalue weighted by atomic mass is 16.7. The molecule has 1 aliphatic heterocycles. The number of rotatable bonds is 7. The quantitative estimate of drug-likeness (QED) is 0.561. The summed E-state index contributed by atoms with van der Waals surface area (Å²) in [5.41, 5.74) is 1.35. The molecule has 0 aromatic heterocycles. The van der Waals surface area contributed by atoms with Gasteiger partial charge >= 0.3 is 0 Å². The van der Waals surface area contributed by atoms with Gasteiger partial charge in [0, 0.05) is 24.5 Å². The van der Waals surface area contributed by atoms with Gasteiger partial charge < -0.3 is 29.6 Å². The molecule has 144 valence electrons. The lowest BCUT2D eigenvalue weighted by molar-refractivity contribution is -0.112. The van der Waals surface area contributed by atoms with Gasteiger partial charge in [0.15, 0.2) is 23.0 Å². The first kappa shape index (κ1) is 18.9. The number of nitriles is 1. The minimum absolute atomic E-state index is 0.0597. The van der Waals surface area contributed by atoms with Gasteiger partial charge in [-0.1, -0.05) is 6.07 Å². The van der Waals surface area contributed by atoms with Crippen LogP contribution in [0.25, 0.3) is 0 Å². The molecule has 28 heavy (non-hydrogen) atoms. The molecule has 0 spiro atoms. The molecule has 0 atom stereocenters. The Morgan fingerprint density at radius 2 is 1.93 bits per heavy atom. The van der Waals surface area contributed by atoms with E-state index < -0.39 is 5.91 Å². The Morgan fingerprint density at radius 1 is 1.14 bits per heavy atom. The van der Waals surface area contributed by atoms with E-state index in [1.54, 1.807) is 18.2 Å². The van der Waals surface area contributed by atoms with E-state index in [4.69, 9.17) is 18.9 Å². The Morgan fingerprint density at radius 3 is 2.68 bits per heavy atom. The molecule has 2 aromatic rings. The van der Waals surface area contributed by atoms with Crippen molar-refractivity contribution in [2.24, 2.45) is 0 Å². The molecule has 0 bridgehead atoms. The van der Waals surface area contributed by atoms with Gasteiger partial charge in [-0.2, -0.15) is 5.26 Å². The number of carbonyl (C=O) groups excluding carboxylic acids is 1. The van der Waals surface area contributed by atoms with Crippen LogP contribution in [-0.2, 0) is 11.3 Å². The Balaban J connectivity index is 1.62. The van der Waals surface area contributed by atoms with Crippen molar-refractivity contribution >= 4 is 11.6 Å². The molecule has 2 aromatic carbocycles. The predicted molar refractivity (Wildman–Crippen MR) is 101 cm³/mol. The minimum Gasteiger partial charge on any atom is -0.493 e. The summed E-state index contributed by atoms with van der Waals surface area (Å²) in [6.07, 6.45) is 1.38. The predicted octanol–water partition coefficient (Wildman–Crippen LogP) is 2.57. The number of carbonyl (C=O) groups is 1. The normalized spacial score (nSPS) is 12.1. The Kier molecular flexibility index (Phi) is 5.87. The Bertz CT molecular complexity index is 949. The van der Waals surface area contributed by atoms with Gasteiger partial charge in [-0.05, 0) is 29.8 Å². The first-order valence-corrected chi connectivity index (χ1v) is 8.40. The molecule has 3 rings (SSSR count). The van der Waals surface area contributed by atoms with Crippen molar-refractivity contribution in [2.45, 2.75) is 6.54 Å². The van der Waals surface area contributed by atoms with E-state index in [1.165, 1.54) is 20.4 Å². The molecule has 0 saturated heterocycles. The van der Waals surface area contributed by atoms with Crippen LogP contribution < -0.4 is 29.6 Å². The first-order chi connectivity index (χ1) is 13.6. The number of fused-ring (bicyclic) bond motifs is 1. The molecule has 0 aliphatic carbocycles. The maximum Gasteiger partial charge on any atom is 0.267 e. The number of benzene rings is 2. The highest BCUT2D eigenvalue weighted by Crippen LogP contribution is 2.32. The summed E-state index contributed by atoms with van der Waals surface area (Å²) in [5.74, 6) is 1.86. The van der Waals surface area contributed by atoms with Gasteiger partial charge in [-0.25, -0.2) is 0 Å². The smallest absolute Gasteiger partial charge is 0.267 e. The van der Waals surface area contributed by atoms with Gasteiger partial charge in [-0.3, -0.25) is 4.79 Å². The molecular formula is C20H19N3O5. The number of hydrogen-bond acceptors (Lipinski definition) is 7. The average Bonchev–Trinajstić information content (AvgIpc) is 3.18.